The first kappa shape index (κ1) is 38.2. The molecule has 0 aromatic rings. The molecule has 1 saturated carbocycles. The number of nitrogens with one attached hydrogen (secondary N) is 1. The van der Waals surface area contributed by atoms with Crippen LogP contribution in [0.4, 0.5) is 0 Å². The van der Waals surface area contributed by atoms with E-state index in [4.69, 9.17) is 34.8 Å². The number of carbonyl (C=O) groups is 1. The van der Waals surface area contributed by atoms with Crippen LogP contribution in [0.25, 0.3) is 5.73 Å². The molecule has 1 aliphatic carbocycles. The first-order valence-corrected chi connectivity index (χ1v) is 18.7. The first-order valence-electron chi connectivity index (χ1n) is 13.0. The zero-order valence-corrected chi connectivity index (χ0v) is 25.2. The Kier molecular flexibility index (Phi) is 40.3. The summed E-state index contributed by atoms with van der Waals surface area (Å²) in [5.41, 5.74) is 7.42. The summed E-state index contributed by atoms with van der Waals surface area (Å²) in [6.07, 6.45) is 25.0. The predicted octanol–water partition coefficient (Wildman–Crippen LogP) is 9.75. The summed E-state index contributed by atoms with van der Waals surface area (Å²) >= 11 is -0.472. The van der Waals surface area contributed by atoms with Crippen LogP contribution in [-0.4, -0.2) is 29.3 Å². The van der Waals surface area contributed by atoms with Crippen LogP contribution >= 0.6 is 18.8 Å². The third-order valence-corrected chi connectivity index (χ3v) is 5.90. The molecule has 0 radical (unpaired) electrons. The van der Waals surface area contributed by atoms with Crippen molar-refractivity contribution in [2.45, 2.75) is 141 Å². The number of hydrogen-bond acceptors (Lipinski definition) is 2. The second kappa shape index (κ2) is 34.8. The Hall–Kier alpha value is 0.658. The van der Waals surface area contributed by atoms with Crippen molar-refractivity contribution in [1.82, 2.24) is 0 Å². The van der Waals surface area contributed by atoms with E-state index in [1.54, 1.807) is 0 Å². The summed E-state index contributed by atoms with van der Waals surface area (Å²) < 4.78 is 0. The van der Waals surface area contributed by atoms with Crippen LogP contribution in [0.5, 0.6) is 0 Å². The van der Waals surface area contributed by atoms with Gasteiger partial charge in [0.15, 0.2) is 0 Å². The molecule has 33 heavy (non-hydrogen) atoms. The van der Waals surface area contributed by atoms with Crippen molar-refractivity contribution in [2.24, 2.45) is 5.92 Å². The molecule has 0 unspecified atom stereocenters. The average molecular weight is 694 g/mol. The van der Waals surface area contributed by atoms with E-state index in [1.165, 1.54) is 103 Å². The Morgan fingerprint density at radius 3 is 1.42 bits per heavy atom. The minimum atomic E-state index is -0.653. The van der Waals surface area contributed by atoms with E-state index >= 15 is 0 Å². The Bertz CT molecular complexity index is 356. The van der Waals surface area contributed by atoms with Crippen molar-refractivity contribution >= 4 is 24.8 Å². The van der Waals surface area contributed by atoms with Crippen molar-refractivity contribution in [3.63, 3.8) is 0 Å². The van der Waals surface area contributed by atoms with Gasteiger partial charge in [0, 0.05) is 13.5 Å². The number of aliphatic hydroxyl groups excluding tert-OH is 1. The van der Waals surface area contributed by atoms with Gasteiger partial charge in [-0.15, -0.1) is 0 Å². The number of rotatable bonds is 16. The summed E-state index contributed by atoms with van der Waals surface area (Å²) in [5.74, 6) is -0.233. The van der Waals surface area contributed by atoms with E-state index < -0.39 is 22.5 Å². The van der Waals surface area contributed by atoms with Gasteiger partial charge in [-0.3, -0.25) is 4.79 Å². The predicted molar refractivity (Wildman–Crippen MR) is 142 cm³/mol. The van der Waals surface area contributed by atoms with Crippen molar-refractivity contribution in [3.8, 4) is 0 Å². The molecule has 0 amide bonds. The van der Waals surface area contributed by atoms with Crippen molar-refractivity contribution in [1.29, 1.82) is 0 Å². The molecule has 0 spiro atoms. The first-order chi connectivity index (χ1) is 16.0. The number of aliphatic carboxylic acids is 1. The summed E-state index contributed by atoms with van der Waals surface area (Å²) in [6.45, 7) is 6.16. The van der Waals surface area contributed by atoms with Gasteiger partial charge in [-0.05, 0) is 6.42 Å². The van der Waals surface area contributed by atoms with Crippen molar-refractivity contribution in [3.05, 3.63) is 12.7 Å². The standard InChI is InChI=1S/C18H36O2.C7H13N.CH4O.2ClH.Pt/c1-2-3-4-5-6-7-8-9-10-11-12-13-14-15-16-17-18(19)20;1-6-4-2-3-5-7(6)8;1-2;;;/h2-17H2,1H3,(H,19,20);6-8H,1-5H2;2H,1H3;2*1H;/q;-2;;;;+4/p-2/t;6-,7-;;;;/m.1..../s1. The van der Waals surface area contributed by atoms with Crippen LogP contribution in [0.3, 0.4) is 0 Å². The molecular weight excluding hydrogens is 640 g/mol. The molecule has 0 aromatic carbocycles. The topological polar surface area (TPSA) is 81.3 Å². The second-order valence-corrected chi connectivity index (χ2v) is 12.1. The van der Waals surface area contributed by atoms with E-state index in [-0.39, 0.29) is 6.04 Å². The molecule has 1 aliphatic rings. The monoisotopic (exact) mass is 692 g/mol. The van der Waals surface area contributed by atoms with Crippen molar-refractivity contribution in [2.75, 3.05) is 7.11 Å². The van der Waals surface area contributed by atoms with Gasteiger partial charge in [0.2, 0.25) is 0 Å². The van der Waals surface area contributed by atoms with Gasteiger partial charge in [-0.1, -0.05) is 122 Å². The van der Waals surface area contributed by atoms with E-state index in [0.717, 1.165) is 26.4 Å². The minimum absolute atomic E-state index is 0.142. The van der Waals surface area contributed by atoms with Gasteiger partial charge in [-0.2, -0.15) is 12.0 Å². The van der Waals surface area contributed by atoms with E-state index in [1.807, 2.05) is 0 Å². The zero-order valence-electron chi connectivity index (χ0n) is 21.4. The van der Waals surface area contributed by atoms with Crippen molar-refractivity contribution < 1.29 is 31.5 Å². The Morgan fingerprint density at radius 2 is 1.15 bits per heavy atom. The van der Waals surface area contributed by atoms with Crippen LogP contribution in [0.1, 0.15) is 135 Å². The maximum atomic E-state index is 10.3. The van der Waals surface area contributed by atoms with Gasteiger partial charge < -0.3 is 22.9 Å². The number of carboxylic acids is 1. The van der Waals surface area contributed by atoms with Crippen LogP contribution < -0.4 is 0 Å². The Labute approximate surface area is 222 Å². The average Bonchev–Trinajstić information content (AvgIpc) is 2.80. The van der Waals surface area contributed by atoms with E-state index in [2.05, 4.69) is 13.8 Å². The molecule has 1 rings (SSSR count). The van der Waals surface area contributed by atoms with Gasteiger partial charge in [-0.25, -0.2) is 0 Å². The molecule has 1 fully saturated rings. The zero-order chi connectivity index (χ0) is 25.6. The van der Waals surface area contributed by atoms with E-state index in [9.17, 15) is 4.79 Å². The van der Waals surface area contributed by atoms with Crippen LogP contribution in [0.2, 0.25) is 0 Å². The molecular formula is C26H53Cl2NO3Pt. The normalized spacial score (nSPS) is 17.1. The number of halogens is 2. The third-order valence-electron chi connectivity index (χ3n) is 5.90. The Balaban J connectivity index is -0.000000564. The fourth-order valence-corrected chi connectivity index (χ4v) is 3.86. The molecule has 3 N–H and O–H groups in total. The van der Waals surface area contributed by atoms with Gasteiger partial charge in [0.05, 0.1) is 0 Å². The van der Waals surface area contributed by atoms with Gasteiger partial charge >= 0.3 is 41.3 Å². The summed E-state index contributed by atoms with van der Waals surface area (Å²) in [5, 5.41) is 15.5. The number of carboxylic acid groups (broad SMARTS) is 1. The molecule has 0 aliphatic heterocycles. The van der Waals surface area contributed by atoms with Crippen LogP contribution in [0.15, 0.2) is 0 Å². The summed E-state index contributed by atoms with van der Waals surface area (Å²) in [4.78, 5) is 10.3. The fourth-order valence-electron chi connectivity index (χ4n) is 3.86. The molecule has 0 saturated heterocycles. The maximum absolute atomic E-state index is 10.3. The van der Waals surface area contributed by atoms with Gasteiger partial charge in [0.25, 0.3) is 0 Å². The van der Waals surface area contributed by atoms with E-state index in [0.29, 0.717) is 12.3 Å². The molecule has 7 heteroatoms. The molecule has 4 nitrogen and oxygen atoms in total. The number of unbranched alkanes of at least 4 members (excludes halogenated alkanes) is 14. The summed E-state index contributed by atoms with van der Waals surface area (Å²) in [7, 11) is 10.8. The molecule has 0 aromatic heterocycles. The number of hydrogen-bond donors (Lipinski definition) is 2. The molecule has 204 valence electrons. The third kappa shape index (κ3) is 37.4. The summed E-state index contributed by atoms with van der Waals surface area (Å²) in [6, 6.07) is 0.142. The fraction of sp³-hybridized carbons (Fsp3) is 0.923. The Morgan fingerprint density at radius 1 is 0.818 bits per heavy atom. The quantitative estimate of drug-likeness (QED) is 0.125. The van der Waals surface area contributed by atoms with Crippen LogP contribution in [-0.2, 0) is 21.3 Å². The second-order valence-electron chi connectivity index (χ2n) is 8.79. The number of aliphatic hydroxyl groups is 1. The van der Waals surface area contributed by atoms with Crippen LogP contribution in [0, 0.1) is 12.8 Å². The molecule has 2 atom stereocenters. The molecule has 0 bridgehead atoms. The van der Waals surface area contributed by atoms with Gasteiger partial charge in [0.1, 0.15) is 0 Å². The molecule has 0 heterocycles. The SMILES string of the molecule is CCCCCCCCCCCCCCCCCC(=O)O.CO.[CH2-][C@@H]1CCCC[C@H]1[NH-].[Cl][Pt+2][Cl].